The first-order valence-corrected chi connectivity index (χ1v) is 10.0. The van der Waals surface area contributed by atoms with Crippen LogP contribution in [0.25, 0.3) is 0 Å². The molecular weight excluding hydrogens is 390 g/mol. The van der Waals surface area contributed by atoms with Gasteiger partial charge in [0.1, 0.15) is 18.1 Å². The highest BCUT2D eigenvalue weighted by Gasteiger charge is 2.10. The van der Waals surface area contributed by atoms with Crippen molar-refractivity contribution in [2.24, 2.45) is 0 Å². The molecule has 0 saturated heterocycles. The maximum Gasteiger partial charge on any atom is 0.251 e. The summed E-state index contributed by atoms with van der Waals surface area (Å²) >= 11 is 1.14. The smallest absolute Gasteiger partial charge is 0.251 e. The topological polar surface area (TPSA) is 93.3 Å². The van der Waals surface area contributed by atoms with Crippen LogP contribution in [0.2, 0.25) is 0 Å². The van der Waals surface area contributed by atoms with Gasteiger partial charge in [0, 0.05) is 6.07 Å². The van der Waals surface area contributed by atoms with Gasteiger partial charge in [0.25, 0.3) is 5.56 Å². The van der Waals surface area contributed by atoms with E-state index in [4.69, 9.17) is 9.47 Å². The average molecular weight is 411 g/mol. The van der Waals surface area contributed by atoms with Crippen molar-refractivity contribution >= 4 is 23.4 Å². The monoisotopic (exact) mass is 411 g/mol. The fourth-order valence-corrected chi connectivity index (χ4v) is 3.17. The first-order chi connectivity index (χ1) is 14.1. The highest BCUT2D eigenvalue weighted by atomic mass is 32.2. The predicted molar refractivity (Wildman–Crippen MR) is 113 cm³/mol. The maximum atomic E-state index is 12.3. The van der Waals surface area contributed by atoms with E-state index in [0.717, 1.165) is 11.8 Å². The summed E-state index contributed by atoms with van der Waals surface area (Å²) in [4.78, 5) is 31.2. The summed E-state index contributed by atoms with van der Waals surface area (Å²) in [5.41, 5.74) is 0.796. The quantitative estimate of drug-likeness (QED) is 0.414. The highest BCUT2D eigenvalue weighted by Crippen LogP contribution is 2.24. The van der Waals surface area contributed by atoms with Crippen LogP contribution in [0.5, 0.6) is 11.5 Å². The molecule has 0 aliphatic heterocycles. The number of anilines is 1. The van der Waals surface area contributed by atoms with Crippen molar-refractivity contribution in [3.05, 3.63) is 76.7 Å². The van der Waals surface area contributed by atoms with E-state index in [1.54, 1.807) is 12.1 Å². The van der Waals surface area contributed by atoms with Crippen LogP contribution in [-0.2, 0) is 11.4 Å². The number of carbonyl (C=O) groups excluding carboxylic acids is 1. The molecule has 8 heteroatoms. The van der Waals surface area contributed by atoms with Crippen LogP contribution in [-0.4, -0.2) is 28.2 Å². The van der Waals surface area contributed by atoms with E-state index >= 15 is 0 Å². The van der Waals surface area contributed by atoms with Crippen molar-refractivity contribution in [1.82, 2.24) is 9.97 Å². The van der Waals surface area contributed by atoms with Gasteiger partial charge in [-0.25, -0.2) is 4.98 Å². The molecule has 1 aromatic heterocycles. The maximum absolute atomic E-state index is 12.3. The number of amides is 1. The lowest BCUT2D eigenvalue weighted by Gasteiger charge is -2.11. The summed E-state index contributed by atoms with van der Waals surface area (Å²) in [6, 6.07) is 17.9. The Balaban J connectivity index is 1.58. The van der Waals surface area contributed by atoms with Gasteiger partial charge in [0.2, 0.25) is 5.91 Å². The van der Waals surface area contributed by atoms with Gasteiger partial charge < -0.3 is 19.8 Å². The molecule has 29 heavy (non-hydrogen) atoms. The zero-order valence-corrected chi connectivity index (χ0v) is 16.7. The summed E-state index contributed by atoms with van der Waals surface area (Å²) in [5.74, 6) is 1.17. The minimum atomic E-state index is -0.295. The molecular formula is C21H21N3O4S. The molecule has 3 aromatic rings. The van der Waals surface area contributed by atoms with Gasteiger partial charge in [-0.05, 0) is 31.2 Å². The van der Waals surface area contributed by atoms with Crippen LogP contribution < -0.4 is 20.3 Å². The van der Waals surface area contributed by atoms with Gasteiger partial charge in [-0.1, -0.05) is 42.1 Å². The number of rotatable bonds is 9. The van der Waals surface area contributed by atoms with Crippen LogP contribution in [0.1, 0.15) is 12.6 Å². The number of nitrogens with zero attached hydrogens (tertiary/aromatic N) is 1. The number of H-pyrrole nitrogens is 1. The van der Waals surface area contributed by atoms with E-state index in [-0.39, 0.29) is 23.8 Å². The number of carbonyl (C=O) groups is 1. The molecule has 0 fully saturated rings. The largest absolute Gasteiger partial charge is 0.492 e. The van der Waals surface area contributed by atoms with Crippen molar-refractivity contribution in [1.29, 1.82) is 0 Å². The van der Waals surface area contributed by atoms with E-state index < -0.39 is 0 Å². The van der Waals surface area contributed by atoms with E-state index in [9.17, 15) is 9.59 Å². The minimum absolute atomic E-state index is 0.0897. The third-order valence-corrected chi connectivity index (χ3v) is 4.58. The zero-order chi connectivity index (χ0) is 20.5. The number of hydrogen-bond donors (Lipinski definition) is 2. The Hall–Kier alpha value is -3.26. The number of nitrogens with one attached hydrogen (secondary N) is 2. The van der Waals surface area contributed by atoms with Gasteiger partial charge in [-0.2, -0.15) is 0 Å². The summed E-state index contributed by atoms with van der Waals surface area (Å²) in [6.45, 7) is 2.55. The lowest BCUT2D eigenvalue weighted by Crippen LogP contribution is -2.16. The highest BCUT2D eigenvalue weighted by molar-refractivity contribution is 7.99. The molecule has 3 rings (SSSR count). The number of aromatic amines is 1. The summed E-state index contributed by atoms with van der Waals surface area (Å²) in [5, 5.41) is 3.17. The summed E-state index contributed by atoms with van der Waals surface area (Å²) in [6.07, 6.45) is 0. The van der Waals surface area contributed by atoms with Gasteiger partial charge in [0.15, 0.2) is 5.16 Å². The molecule has 0 spiro atoms. The molecule has 0 unspecified atom stereocenters. The fraction of sp³-hybridized carbons (Fsp3) is 0.190. The summed E-state index contributed by atoms with van der Waals surface area (Å²) < 4.78 is 11.1. The van der Waals surface area contributed by atoms with E-state index in [0.29, 0.717) is 34.6 Å². The molecule has 0 saturated carbocycles. The second kappa shape index (κ2) is 10.3. The second-order valence-electron chi connectivity index (χ2n) is 5.91. The third-order valence-electron chi connectivity index (χ3n) is 3.70. The Morgan fingerprint density at radius 1 is 1.10 bits per heavy atom. The normalized spacial score (nSPS) is 10.4. The van der Waals surface area contributed by atoms with Crippen LogP contribution in [0.15, 0.2) is 70.6 Å². The average Bonchev–Trinajstić information content (AvgIpc) is 2.73. The lowest BCUT2D eigenvalue weighted by molar-refractivity contribution is -0.113. The Morgan fingerprint density at radius 2 is 1.86 bits per heavy atom. The van der Waals surface area contributed by atoms with Gasteiger partial charge in [-0.3, -0.25) is 9.59 Å². The minimum Gasteiger partial charge on any atom is -0.492 e. The van der Waals surface area contributed by atoms with Gasteiger partial charge in [-0.15, -0.1) is 0 Å². The fourth-order valence-electron chi connectivity index (χ4n) is 2.47. The molecule has 2 aromatic carbocycles. The summed E-state index contributed by atoms with van der Waals surface area (Å²) in [7, 11) is 0. The first kappa shape index (κ1) is 20.5. The Kier molecular flexibility index (Phi) is 7.29. The SMILES string of the molecule is CCOc1ccccc1NC(=O)CSc1nc(COc2ccccc2)cc(=O)[nH]1. The van der Waals surface area contributed by atoms with Crippen LogP contribution in [0.3, 0.4) is 0 Å². The molecule has 1 amide bonds. The molecule has 0 aliphatic carbocycles. The molecule has 2 N–H and O–H groups in total. The number of hydrogen-bond acceptors (Lipinski definition) is 6. The van der Waals surface area contributed by atoms with Gasteiger partial charge >= 0.3 is 0 Å². The van der Waals surface area contributed by atoms with Crippen molar-refractivity contribution in [2.75, 3.05) is 17.7 Å². The van der Waals surface area contributed by atoms with Gasteiger partial charge in [0.05, 0.1) is 23.7 Å². The van der Waals surface area contributed by atoms with Crippen LogP contribution >= 0.6 is 11.8 Å². The van der Waals surface area contributed by atoms with Crippen molar-refractivity contribution < 1.29 is 14.3 Å². The number of aromatic nitrogens is 2. The number of thioether (sulfide) groups is 1. The van der Waals surface area contributed by atoms with Crippen molar-refractivity contribution in [3.8, 4) is 11.5 Å². The second-order valence-corrected chi connectivity index (χ2v) is 6.87. The molecule has 0 atom stereocenters. The van der Waals surface area contributed by atoms with E-state index in [1.807, 2.05) is 49.4 Å². The molecule has 0 radical (unpaired) electrons. The Morgan fingerprint density at radius 3 is 2.66 bits per heavy atom. The van der Waals surface area contributed by atoms with Crippen LogP contribution in [0, 0.1) is 0 Å². The van der Waals surface area contributed by atoms with Crippen molar-refractivity contribution in [3.63, 3.8) is 0 Å². The standard InChI is InChI=1S/C21H21N3O4S/c1-2-27-18-11-7-6-10-17(18)23-20(26)14-29-21-22-15(12-19(25)24-21)13-28-16-8-4-3-5-9-16/h3-12H,2,13-14H2,1H3,(H,23,26)(H,22,24,25). The zero-order valence-electron chi connectivity index (χ0n) is 15.9. The van der Waals surface area contributed by atoms with E-state index in [1.165, 1.54) is 6.07 Å². The number of para-hydroxylation sites is 3. The number of ether oxygens (including phenoxy) is 2. The van der Waals surface area contributed by atoms with Crippen LogP contribution in [0.4, 0.5) is 5.69 Å². The Labute approximate surface area is 172 Å². The predicted octanol–water partition coefficient (Wildman–Crippen LogP) is 3.48. The Bertz CT molecular complexity index is 1010. The van der Waals surface area contributed by atoms with Crippen molar-refractivity contribution in [2.45, 2.75) is 18.7 Å². The third kappa shape index (κ3) is 6.39. The number of benzene rings is 2. The van der Waals surface area contributed by atoms with E-state index in [2.05, 4.69) is 15.3 Å². The molecule has 0 bridgehead atoms. The first-order valence-electron chi connectivity index (χ1n) is 9.06. The molecule has 150 valence electrons. The lowest BCUT2D eigenvalue weighted by atomic mass is 10.3. The molecule has 1 heterocycles. The molecule has 7 nitrogen and oxygen atoms in total. The molecule has 0 aliphatic rings.